The third-order valence-electron chi connectivity index (χ3n) is 2.61. The summed E-state index contributed by atoms with van der Waals surface area (Å²) in [5.41, 5.74) is 2.64. The standard InChI is InChI=1S/C13H15ClFN5/c1-2-4-10-17-11(7-12(18-10)20-16)19-13-8(14)5-3-6-9(13)15/h3,5-7H,2,4,16H2,1H3,(H2,17,18,19,20). The predicted molar refractivity (Wildman–Crippen MR) is 78.5 cm³/mol. The van der Waals surface area contributed by atoms with E-state index in [9.17, 15) is 4.39 Å². The molecule has 0 amide bonds. The van der Waals surface area contributed by atoms with E-state index in [1.165, 1.54) is 12.1 Å². The molecule has 0 aliphatic rings. The lowest BCUT2D eigenvalue weighted by molar-refractivity contribution is 0.632. The second kappa shape index (κ2) is 6.49. The molecule has 0 spiro atoms. The van der Waals surface area contributed by atoms with Crippen molar-refractivity contribution in [2.45, 2.75) is 19.8 Å². The fourth-order valence-electron chi connectivity index (χ4n) is 1.72. The van der Waals surface area contributed by atoms with Crippen molar-refractivity contribution in [3.63, 3.8) is 0 Å². The molecule has 1 heterocycles. The van der Waals surface area contributed by atoms with Gasteiger partial charge in [-0.2, -0.15) is 0 Å². The van der Waals surface area contributed by atoms with E-state index in [1.54, 1.807) is 12.1 Å². The summed E-state index contributed by atoms with van der Waals surface area (Å²) in [4.78, 5) is 8.52. The van der Waals surface area contributed by atoms with Crippen molar-refractivity contribution in [3.05, 3.63) is 40.9 Å². The lowest BCUT2D eigenvalue weighted by Gasteiger charge is -2.11. The van der Waals surface area contributed by atoms with Gasteiger partial charge in [-0.25, -0.2) is 20.2 Å². The summed E-state index contributed by atoms with van der Waals surface area (Å²) < 4.78 is 13.7. The smallest absolute Gasteiger partial charge is 0.148 e. The van der Waals surface area contributed by atoms with Gasteiger partial charge in [0.15, 0.2) is 0 Å². The molecule has 0 aliphatic carbocycles. The first-order valence-corrected chi connectivity index (χ1v) is 6.57. The molecule has 0 radical (unpaired) electrons. The minimum Gasteiger partial charge on any atom is -0.336 e. The van der Waals surface area contributed by atoms with E-state index in [0.29, 0.717) is 23.9 Å². The summed E-state index contributed by atoms with van der Waals surface area (Å²) in [6.07, 6.45) is 1.60. The van der Waals surface area contributed by atoms with Crippen molar-refractivity contribution in [3.8, 4) is 0 Å². The molecule has 106 valence electrons. The summed E-state index contributed by atoms with van der Waals surface area (Å²) >= 11 is 5.97. The minimum atomic E-state index is -0.449. The molecule has 0 saturated heterocycles. The van der Waals surface area contributed by atoms with Crippen LogP contribution in [0.2, 0.25) is 5.02 Å². The van der Waals surface area contributed by atoms with E-state index in [2.05, 4.69) is 20.7 Å². The Morgan fingerprint density at radius 1 is 1.30 bits per heavy atom. The van der Waals surface area contributed by atoms with Gasteiger partial charge in [0.25, 0.3) is 0 Å². The molecule has 0 unspecified atom stereocenters. The number of para-hydroxylation sites is 1. The summed E-state index contributed by atoms with van der Waals surface area (Å²) in [5, 5.41) is 3.14. The Morgan fingerprint density at radius 2 is 2.05 bits per heavy atom. The number of nitrogen functional groups attached to an aromatic ring is 1. The normalized spacial score (nSPS) is 10.4. The third-order valence-corrected chi connectivity index (χ3v) is 2.92. The zero-order chi connectivity index (χ0) is 14.5. The number of hydrogen-bond acceptors (Lipinski definition) is 5. The van der Waals surface area contributed by atoms with Crippen LogP contribution in [-0.2, 0) is 6.42 Å². The van der Waals surface area contributed by atoms with Gasteiger partial charge >= 0.3 is 0 Å². The monoisotopic (exact) mass is 295 g/mol. The number of hydrogen-bond donors (Lipinski definition) is 3. The van der Waals surface area contributed by atoms with E-state index < -0.39 is 5.82 Å². The van der Waals surface area contributed by atoms with E-state index in [1.807, 2.05) is 6.92 Å². The van der Waals surface area contributed by atoms with Crippen LogP contribution in [0.4, 0.5) is 21.7 Å². The molecule has 2 rings (SSSR count). The van der Waals surface area contributed by atoms with Crippen molar-refractivity contribution < 1.29 is 4.39 Å². The minimum absolute atomic E-state index is 0.179. The Kier molecular flexibility index (Phi) is 4.70. The molecule has 1 aromatic heterocycles. The van der Waals surface area contributed by atoms with Crippen LogP contribution in [0.3, 0.4) is 0 Å². The summed E-state index contributed by atoms with van der Waals surface area (Å²) in [6.45, 7) is 2.02. The number of hydrazine groups is 1. The van der Waals surface area contributed by atoms with Gasteiger partial charge in [-0.15, -0.1) is 0 Å². The van der Waals surface area contributed by atoms with Gasteiger partial charge in [0.05, 0.1) is 10.7 Å². The van der Waals surface area contributed by atoms with E-state index in [0.717, 1.165) is 6.42 Å². The van der Waals surface area contributed by atoms with Crippen molar-refractivity contribution in [2.75, 3.05) is 10.7 Å². The highest BCUT2D eigenvalue weighted by Gasteiger charge is 2.09. The molecule has 0 fully saturated rings. The van der Waals surface area contributed by atoms with Gasteiger partial charge in [0, 0.05) is 12.5 Å². The van der Waals surface area contributed by atoms with Gasteiger partial charge in [-0.3, -0.25) is 0 Å². The number of aromatic nitrogens is 2. The number of nitrogens with two attached hydrogens (primary N) is 1. The van der Waals surface area contributed by atoms with Crippen LogP contribution in [0.5, 0.6) is 0 Å². The van der Waals surface area contributed by atoms with Gasteiger partial charge in [-0.1, -0.05) is 24.6 Å². The molecule has 0 bridgehead atoms. The molecule has 5 nitrogen and oxygen atoms in total. The van der Waals surface area contributed by atoms with Gasteiger partial charge < -0.3 is 10.7 Å². The highest BCUT2D eigenvalue weighted by molar-refractivity contribution is 6.33. The molecule has 20 heavy (non-hydrogen) atoms. The Labute approximate surface area is 121 Å². The summed E-state index contributed by atoms with van der Waals surface area (Å²) in [6, 6.07) is 6.05. The molecular weight excluding hydrogens is 281 g/mol. The maximum absolute atomic E-state index is 13.7. The van der Waals surface area contributed by atoms with E-state index >= 15 is 0 Å². The largest absolute Gasteiger partial charge is 0.336 e. The average molecular weight is 296 g/mol. The molecule has 7 heteroatoms. The van der Waals surface area contributed by atoms with Crippen LogP contribution in [-0.4, -0.2) is 9.97 Å². The van der Waals surface area contributed by atoms with Crippen molar-refractivity contribution in [2.24, 2.45) is 5.84 Å². The van der Waals surface area contributed by atoms with Crippen molar-refractivity contribution in [1.82, 2.24) is 9.97 Å². The quantitative estimate of drug-likeness (QED) is 0.583. The zero-order valence-corrected chi connectivity index (χ0v) is 11.7. The van der Waals surface area contributed by atoms with Crippen LogP contribution in [0, 0.1) is 5.82 Å². The molecule has 1 aromatic carbocycles. The molecule has 2 aromatic rings. The highest BCUT2D eigenvalue weighted by Crippen LogP contribution is 2.28. The third kappa shape index (κ3) is 3.34. The second-order valence-electron chi connectivity index (χ2n) is 4.17. The first-order valence-electron chi connectivity index (χ1n) is 6.19. The number of benzene rings is 1. The van der Waals surface area contributed by atoms with Crippen molar-refractivity contribution in [1.29, 1.82) is 0 Å². The summed E-state index contributed by atoms with van der Waals surface area (Å²) in [7, 11) is 0. The highest BCUT2D eigenvalue weighted by atomic mass is 35.5. The Bertz CT molecular complexity index is 585. The van der Waals surface area contributed by atoms with E-state index in [4.69, 9.17) is 17.4 Å². The van der Waals surface area contributed by atoms with Crippen LogP contribution in [0.1, 0.15) is 19.2 Å². The molecule has 0 atom stereocenters. The second-order valence-corrected chi connectivity index (χ2v) is 4.58. The molecule has 0 saturated carbocycles. The van der Waals surface area contributed by atoms with Crippen LogP contribution in [0.15, 0.2) is 24.3 Å². The van der Waals surface area contributed by atoms with E-state index in [-0.39, 0.29) is 10.7 Å². The fraction of sp³-hybridized carbons (Fsp3) is 0.231. The Hall–Kier alpha value is -1.92. The predicted octanol–water partition coefficient (Wildman–Crippen LogP) is 3.25. The molecular formula is C13H15ClFN5. The zero-order valence-electron chi connectivity index (χ0n) is 11.0. The number of anilines is 3. The maximum Gasteiger partial charge on any atom is 0.148 e. The topological polar surface area (TPSA) is 75.9 Å². The fourth-order valence-corrected chi connectivity index (χ4v) is 1.93. The van der Waals surface area contributed by atoms with Crippen molar-refractivity contribution >= 4 is 28.9 Å². The Balaban J connectivity index is 2.35. The lowest BCUT2D eigenvalue weighted by Crippen LogP contribution is -2.11. The first-order chi connectivity index (χ1) is 9.63. The SMILES string of the molecule is CCCc1nc(NN)cc(Nc2c(F)cccc2Cl)n1. The van der Waals surface area contributed by atoms with Crippen LogP contribution < -0.4 is 16.6 Å². The number of nitrogens with one attached hydrogen (secondary N) is 2. The summed E-state index contributed by atoms with van der Waals surface area (Å²) in [5.74, 6) is 6.43. The first kappa shape index (κ1) is 14.5. The maximum atomic E-state index is 13.7. The van der Waals surface area contributed by atoms with Gasteiger partial charge in [0.2, 0.25) is 0 Å². The van der Waals surface area contributed by atoms with Crippen LogP contribution >= 0.6 is 11.6 Å². The van der Waals surface area contributed by atoms with Gasteiger partial charge in [0.1, 0.15) is 23.3 Å². The molecule has 4 N–H and O–H groups in total. The number of rotatable bonds is 5. The average Bonchev–Trinajstić information content (AvgIpc) is 2.43. The number of nitrogens with zero attached hydrogens (tertiary/aromatic N) is 2. The van der Waals surface area contributed by atoms with Gasteiger partial charge in [-0.05, 0) is 18.6 Å². The number of aryl methyl sites for hydroxylation is 1. The number of halogens is 2. The Morgan fingerprint density at radius 3 is 2.70 bits per heavy atom. The lowest BCUT2D eigenvalue weighted by atomic mass is 10.3. The van der Waals surface area contributed by atoms with Crippen LogP contribution in [0.25, 0.3) is 0 Å². The molecule has 0 aliphatic heterocycles.